The van der Waals surface area contributed by atoms with Crippen LogP contribution in [0.15, 0.2) is 43.1 Å². The number of ether oxygens (including phenoxy) is 1. The average Bonchev–Trinajstić information content (AvgIpc) is 3.03. The first-order valence-corrected chi connectivity index (χ1v) is 10.3. The number of amides is 4. The van der Waals surface area contributed by atoms with E-state index >= 15 is 0 Å². The Morgan fingerprint density at radius 1 is 1.19 bits per heavy atom. The van der Waals surface area contributed by atoms with Crippen molar-refractivity contribution in [3.63, 3.8) is 0 Å². The molecule has 0 aliphatic carbocycles. The molecule has 0 saturated carbocycles. The summed E-state index contributed by atoms with van der Waals surface area (Å²) in [5.74, 6) is -1.42. The summed E-state index contributed by atoms with van der Waals surface area (Å²) in [6.07, 6.45) is 1.83. The first-order chi connectivity index (χ1) is 15.4. The Kier molecular flexibility index (Phi) is 5.72. The van der Waals surface area contributed by atoms with E-state index in [1.165, 1.54) is 0 Å². The molecule has 2 aromatic rings. The van der Waals surface area contributed by atoms with Crippen molar-refractivity contribution in [2.45, 2.75) is 32.4 Å². The Morgan fingerprint density at radius 2 is 1.97 bits per heavy atom. The summed E-state index contributed by atoms with van der Waals surface area (Å²) in [5, 5.41) is 5.35. The maximum absolute atomic E-state index is 12.9. The second kappa shape index (κ2) is 8.62. The number of hydrogen-bond donors (Lipinski definition) is 2. The number of nitrogens with one attached hydrogen (secondary N) is 2. The smallest absolute Gasteiger partial charge is 0.262 e. The van der Waals surface area contributed by atoms with Gasteiger partial charge in [0, 0.05) is 13.0 Å². The molecule has 32 heavy (non-hydrogen) atoms. The number of pyridine rings is 1. The Morgan fingerprint density at radius 3 is 2.66 bits per heavy atom. The summed E-state index contributed by atoms with van der Waals surface area (Å²) >= 11 is 0. The molecule has 1 aromatic heterocycles. The van der Waals surface area contributed by atoms with Crippen LogP contribution in [0, 0.1) is 0 Å². The summed E-state index contributed by atoms with van der Waals surface area (Å²) in [7, 11) is 0. The van der Waals surface area contributed by atoms with Crippen LogP contribution in [-0.4, -0.2) is 46.2 Å². The van der Waals surface area contributed by atoms with E-state index in [9.17, 15) is 19.2 Å². The average molecular weight is 434 g/mol. The van der Waals surface area contributed by atoms with Gasteiger partial charge >= 0.3 is 0 Å². The minimum atomic E-state index is -0.979. The van der Waals surface area contributed by atoms with E-state index in [2.05, 4.69) is 22.2 Å². The third-order valence-electron chi connectivity index (χ3n) is 5.37. The molecule has 0 spiro atoms. The molecular weight excluding hydrogens is 412 g/mol. The Balaban J connectivity index is 1.45. The van der Waals surface area contributed by atoms with Crippen LogP contribution in [0.2, 0.25) is 0 Å². The zero-order valence-electron chi connectivity index (χ0n) is 17.5. The van der Waals surface area contributed by atoms with Crippen molar-refractivity contribution in [3.8, 4) is 5.75 Å². The van der Waals surface area contributed by atoms with Crippen LogP contribution in [0.5, 0.6) is 5.75 Å². The zero-order valence-corrected chi connectivity index (χ0v) is 17.5. The van der Waals surface area contributed by atoms with Crippen molar-refractivity contribution in [1.29, 1.82) is 0 Å². The highest BCUT2D eigenvalue weighted by atomic mass is 16.5. The number of carbonyl (C=O) groups excluding carboxylic acids is 4. The normalized spacial score (nSPS) is 17.8. The second-order valence-corrected chi connectivity index (χ2v) is 7.47. The molecular formula is C23H22N4O5. The first kappa shape index (κ1) is 21.2. The van der Waals surface area contributed by atoms with Gasteiger partial charge in [0.2, 0.25) is 11.8 Å². The van der Waals surface area contributed by atoms with Crippen LogP contribution >= 0.6 is 0 Å². The number of benzene rings is 1. The highest BCUT2D eigenvalue weighted by Gasteiger charge is 2.44. The van der Waals surface area contributed by atoms with Crippen LogP contribution in [-0.2, 0) is 16.1 Å². The van der Waals surface area contributed by atoms with Gasteiger partial charge in [-0.15, -0.1) is 0 Å². The van der Waals surface area contributed by atoms with Gasteiger partial charge in [-0.25, -0.2) is 0 Å². The molecule has 2 N–H and O–H groups in total. The molecule has 1 saturated heterocycles. The van der Waals surface area contributed by atoms with Crippen molar-refractivity contribution in [1.82, 2.24) is 20.5 Å². The van der Waals surface area contributed by atoms with Gasteiger partial charge < -0.3 is 10.1 Å². The van der Waals surface area contributed by atoms with Crippen LogP contribution < -0.4 is 15.4 Å². The van der Waals surface area contributed by atoms with E-state index in [0.717, 1.165) is 10.5 Å². The number of aromatic nitrogens is 1. The Hall–Kier alpha value is -4.01. The Bertz CT molecular complexity index is 1130. The highest BCUT2D eigenvalue weighted by Crippen LogP contribution is 2.28. The van der Waals surface area contributed by atoms with Gasteiger partial charge in [-0.2, -0.15) is 0 Å². The fourth-order valence-electron chi connectivity index (χ4n) is 3.74. The molecule has 9 nitrogen and oxygen atoms in total. The molecule has 1 atom stereocenters. The van der Waals surface area contributed by atoms with E-state index in [1.807, 2.05) is 13.0 Å². The number of nitrogens with zero attached hydrogens (tertiary/aromatic N) is 2. The number of piperidine rings is 1. The second-order valence-electron chi connectivity index (χ2n) is 7.47. The van der Waals surface area contributed by atoms with Crippen molar-refractivity contribution in [3.05, 3.63) is 65.5 Å². The van der Waals surface area contributed by atoms with E-state index in [4.69, 9.17) is 4.74 Å². The lowest BCUT2D eigenvalue weighted by molar-refractivity contribution is -0.136. The van der Waals surface area contributed by atoms with E-state index in [-0.39, 0.29) is 24.0 Å². The lowest BCUT2D eigenvalue weighted by Gasteiger charge is -2.27. The maximum atomic E-state index is 12.9. The molecule has 1 fully saturated rings. The fourth-order valence-corrected chi connectivity index (χ4v) is 3.74. The predicted octanol–water partition coefficient (Wildman–Crippen LogP) is 1.64. The third-order valence-corrected chi connectivity index (χ3v) is 5.37. The molecule has 3 heterocycles. The van der Waals surface area contributed by atoms with E-state index in [1.54, 1.807) is 30.5 Å². The van der Waals surface area contributed by atoms with Crippen LogP contribution in [0.4, 0.5) is 0 Å². The molecule has 1 unspecified atom stereocenters. The largest absolute Gasteiger partial charge is 0.492 e. The van der Waals surface area contributed by atoms with Crippen molar-refractivity contribution < 1.29 is 23.9 Å². The number of imide groups is 2. The zero-order chi connectivity index (χ0) is 22.8. The molecule has 2 aliphatic heterocycles. The lowest BCUT2D eigenvalue weighted by Crippen LogP contribution is -2.54. The van der Waals surface area contributed by atoms with Crippen LogP contribution in [0.25, 0.3) is 5.70 Å². The van der Waals surface area contributed by atoms with Gasteiger partial charge in [0.1, 0.15) is 11.8 Å². The van der Waals surface area contributed by atoms with Gasteiger partial charge in [-0.1, -0.05) is 12.6 Å². The summed E-state index contributed by atoms with van der Waals surface area (Å²) < 4.78 is 5.38. The molecule has 4 rings (SSSR count). The number of rotatable bonds is 7. The first-order valence-electron chi connectivity index (χ1n) is 10.3. The van der Waals surface area contributed by atoms with Crippen molar-refractivity contribution in [2.75, 3.05) is 6.61 Å². The maximum Gasteiger partial charge on any atom is 0.262 e. The molecule has 1 aromatic carbocycles. The molecule has 0 bridgehead atoms. The Labute approximate surface area is 184 Å². The molecule has 0 radical (unpaired) electrons. The molecule has 164 valence electrons. The minimum absolute atomic E-state index is 0.0840. The molecule has 2 aliphatic rings. The fraction of sp³-hybridized carbons (Fsp3) is 0.261. The van der Waals surface area contributed by atoms with Gasteiger partial charge in [-0.3, -0.25) is 34.4 Å². The summed E-state index contributed by atoms with van der Waals surface area (Å²) in [6, 6.07) is 7.57. The predicted molar refractivity (Wildman–Crippen MR) is 114 cm³/mol. The topological polar surface area (TPSA) is 118 Å². The quantitative estimate of drug-likeness (QED) is 0.636. The molecule has 9 heteroatoms. The van der Waals surface area contributed by atoms with Crippen molar-refractivity contribution >= 4 is 29.3 Å². The van der Waals surface area contributed by atoms with Gasteiger partial charge in [0.15, 0.2) is 0 Å². The number of hydrogen-bond acceptors (Lipinski definition) is 7. The van der Waals surface area contributed by atoms with E-state index in [0.29, 0.717) is 30.3 Å². The number of carbonyl (C=O) groups is 4. The standard InChI is InChI=1S/C23H22N4O5/c1-3-32-15-5-7-18(25-12-15)13(2)24-11-14-4-6-16-17(10-14)23(31)27(22(16)30)19-8-9-20(28)26-21(19)29/h4-7,10,12,19,24H,2-3,8-9,11H2,1H3,(H,26,28,29). The van der Waals surface area contributed by atoms with Crippen molar-refractivity contribution in [2.24, 2.45) is 0 Å². The molecule has 4 amide bonds. The summed E-state index contributed by atoms with van der Waals surface area (Å²) in [6.45, 7) is 6.80. The van der Waals surface area contributed by atoms with Gasteiger partial charge in [0.25, 0.3) is 11.8 Å². The third kappa shape index (κ3) is 3.96. The SMILES string of the molecule is C=C(NCc1ccc2c(c1)C(=O)N(C1CCC(=O)NC1=O)C2=O)c1ccc(OCC)cn1. The minimum Gasteiger partial charge on any atom is -0.492 e. The van der Waals surface area contributed by atoms with Gasteiger partial charge in [-0.05, 0) is 43.2 Å². The highest BCUT2D eigenvalue weighted by molar-refractivity contribution is 6.23. The number of fused-ring (bicyclic) bond motifs is 1. The van der Waals surface area contributed by atoms with E-state index < -0.39 is 29.7 Å². The van der Waals surface area contributed by atoms with Crippen LogP contribution in [0.1, 0.15) is 51.7 Å². The monoisotopic (exact) mass is 434 g/mol. The summed E-state index contributed by atoms with van der Waals surface area (Å²) in [4.78, 5) is 54.5. The lowest BCUT2D eigenvalue weighted by atomic mass is 10.0. The van der Waals surface area contributed by atoms with Crippen LogP contribution in [0.3, 0.4) is 0 Å². The van der Waals surface area contributed by atoms with Gasteiger partial charge in [0.05, 0.1) is 35.3 Å². The summed E-state index contributed by atoms with van der Waals surface area (Å²) in [5.41, 5.74) is 2.51.